The van der Waals surface area contributed by atoms with Crippen LogP contribution < -0.4 is 4.72 Å². The Bertz CT molecular complexity index is 636. The molecule has 116 valence electrons. The van der Waals surface area contributed by atoms with Gasteiger partial charge >= 0.3 is 5.97 Å². The molecule has 0 aromatic heterocycles. The quantitative estimate of drug-likeness (QED) is 0.891. The summed E-state index contributed by atoms with van der Waals surface area (Å²) in [5, 5.41) is 9.44. The summed E-state index contributed by atoms with van der Waals surface area (Å²) in [6.45, 7) is 2.01. The monoisotopic (exact) mass is 315 g/mol. The Balaban J connectivity index is 2.30. The molecule has 1 saturated carbocycles. The van der Waals surface area contributed by atoms with Crippen LogP contribution in [0.3, 0.4) is 0 Å². The Morgan fingerprint density at radius 1 is 1.38 bits per heavy atom. The number of benzene rings is 1. The number of hydrogen-bond donors (Lipinski definition) is 2. The highest BCUT2D eigenvalue weighted by atomic mass is 32.2. The third-order valence-corrected chi connectivity index (χ3v) is 5.51. The van der Waals surface area contributed by atoms with E-state index >= 15 is 0 Å². The van der Waals surface area contributed by atoms with E-state index in [9.17, 15) is 22.7 Å². The van der Waals surface area contributed by atoms with Crippen LogP contribution >= 0.6 is 0 Å². The van der Waals surface area contributed by atoms with Gasteiger partial charge in [-0.3, -0.25) is 4.79 Å². The average molecular weight is 315 g/mol. The molecule has 1 aromatic carbocycles. The van der Waals surface area contributed by atoms with E-state index in [0.29, 0.717) is 18.8 Å². The van der Waals surface area contributed by atoms with Crippen molar-refractivity contribution in [2.45, 2.75) is 43.0 Å². The van der Waals surface area contributed by atoms with Gasteiger partial charge in [-0.05, 0) is 49.8 Å². The Hall–Kier alpha value is -1.47. The van der Waals surface area contributed by atoms with Crippen molar-refractivity contribution >= 4 is 16.0 Å². The molecular weight excluding hydrogens is 297 g/mol. The van der Waals surface area contributed by atoms with Gasteiger partial charge in [-0.1, -0.05) is 13.0 Å². The highest BCUT2D eigenvalue weighted by Gasteiger charge is 2.44. The molecule has 0 aliphatic heterocycles. The molecule has 0 unspecified atom stereocenters. The Labute approximate surface area is 123 Å². The Morgan fingerprint density at radius 2 is 2.00 bits per heavy atom. The maximum atomic E-state index is 13.2. The molecule has 2 N–H and O–H groups in total. The van der Waals surface area contributed by atoms with Crippen LogP contribution in [0.15, 0.2) is 29.2 Å². The minimum atomic E-state index is -4.07. The van der Waals surface area contributed by atoms with Gasteiger partial charge in [0.05, 0.1) is 4.90 Å². The zero-order valence-electron chi connectivity index (χ0n) is 11.7. The molecule has 1 fully saturated rings. The van der Waals surface area contributed by atoms with Crippen molar-refractivity contribution in [3.63, 3.8) is 0 Å². The summed E-state index contributed by atoms with van der Waals surface area (Å²) < 4.78 is 40.1. The van der Waals surface area contributed by atoms with Gasteiger partial charge in [0.25, 0.3) is 0 Å². The van der Waals surface area contributed by atoms with Gasteiger partial charge in [0.2, 0.25) is 10.0 Å². The molecule has 7 heteroatoms. The van der Waals surface area contributed by atoms with E-state index < -0.39 is 27.3 Å². The first kappa shape index (κ1) is 15.9. The van der Waals surface area contributed by atoms with Crippen LogP contribution in [0.5, 0.6) is 0 Å². The van der Waals surface area contributed by atoms with Crippen molar-refractivity contribution in [1.82, 2.24) is 4.72 Å². The number of rotatable bonds is 4. The summed E-state index contributed by atoms with van der Waals surface area (Å²) in [7, 11) is -4.07. The Morgan fingerprint density at radius 3 is 2.52 bits per heavy atom. The lowest BCUT2D eigenvalue weighted by Gasteiger charge is -2.36. The molecule has 0 bridgehead atoms. The fourth-order valence-electron chi connectivity index (χ4n) is 2.56. The molecule has 1 aliphatic rings. The summed E-state index contributed by atoms with van der Waals surface area (Å²) in [4.78, 5) is 11.3. The third-order valence-electron chi connectivity index (χ3n) is 3.97. The number of hydrogen-bond acceptors (Lipinski definition) is 3. The number of nitrogens with one attached hydrogen (secondary N) is 1. The van der Waals surface area contributed by atoms with Crippen LogP contribution in [-0.4, -0.2) is 25.0 Å². The lowest BCUT2D eigenvalue weighted by molar-refractivity contribution is -0.145. The molecule has 0 radical (unpaired) electrons. The summed E-state index contributed by atoms with van der Waals surface area (Å²) in [5.74, 6) is -1.50. The van der Waals surface area contributed by atoms with E-state index in [1.807, 2.05) is 6.92 Å². The first-order chi connectivity index (χ1) is 9.75. The van der Waals surface area contributed by atoms with Crippen molar-refractivity contribution in [3.05, 3.63) is 30.1 Å². The second kappa shape index (κ2) is 5.73. The number of halogens is 1. The summed E-state index contributed by atoms with van der Waals surface area (Å²) >= 11 is 0. The minimum Gasteiger partial charge on any atom is -0.480 e. The molecule has 2 rings (SSSR count). The lowest BCUT2D eigenvalue weighted by Crippen LogP contribution is -2.56. The standard InChI is InChI=1S/C14H18FNO4S/c1-10-5-7-14(8-6-10,13(17)18)16-21(19,20)12-4-2-3-11(15)9-12/h2-4,9-10,16H,5-8H2,1H3,(H,17,18). The van der Waals surface area contributed by atoms with Crippen LogP contribution in [0.25, 0.3) is 0 Å². The topological polar surface area (TPSA) is 83.5 Å². The number of carboxylic acid groups (broad SMARTS) is 1. The molecular formula is C14H18FNO4S. The van der Waals surface area contributed by atoms with Crippen molar-refractivity contribution in [2.24, 2.45) is 5.92 Å². The van der Waals surface area contributed by atoms with E-state index in [1.165, 1.54) is 12.1 Å². The van der Waals surface area contributed by atoms with Crippen LogP contribution in [0.2, 0.25) is 0 Å². The van der Waals surface area contributed by atoms with Gasteiger partial charge in [0.1, 0.15) is 11.4 Å². The lowest BCUT2D eigenvalue weighted by atomic mass is 9.78. The molecule has 21 heavy (non-hydrogen) atoms. The normalized spacial score (nSPS) is 26.5. The number of carbonyl (C=O) groups is 1. The minimum absolute atomic E-state index is 0.234. The van der Waals surface area contributed by atoms with E-state index in [4.69, 9.17) is 0 Å². The Kier molecular flexibility index (Phi) is 4.34. The molecule has 5 nitrogen and oxygen atoms in total. The van der Waals surface area contributed by atoms with Crippen LogP contribution in [-0.2, 0) is 14.8 Å². The number of aliphatic carboxylic acids is 1. The van der Waals surface area contributed by atoms with Crippen molar-refractivity contribution in [2.75, 3.05) is 0 Å². The van der Waals surface area contributed by atoms with Crippen molar-refractivity contribution < 1.29 is 22.7 Å². The number of carboxylic acids is 1. The van der Waals surface area contributed by atoms with Crippen molar-refractivity contribution in [1.29, 1.82) is 0 Å². The molecule has 0 spiro atoms. The fraction of sp³-hybridized carbons (Fsp3) is 0.500. The second-order valence-electron chi connectivity index (χ2n) is 5.63. The van der Waals surface area contributed by atoms with Crippen LogP contribution in [0, 0.1) is 11.7 Å². The first-order valence-electron chi connectivity index (χ1n) is 6.78. The van der Waals surface area contributed by atoms with Gasteiger partial charge in [0, 0.05) is 0 Å². The molecule has 0 amide bonds. The smallest absolute Gasteiger partial charge is 0.324 e. The van der Waals surface area contributed by atoms with E-state index in [-0.39, 0.29) is 17.7 Å². The third kappa shape index (κ3) is 3.41. The van der Waals surface area contributed by atoms with Crippen LogP contribution in [0.4, 0.5) is 4.39 Å². The second-order valence-corrected chi connectivity index (χ2v) is 7.32. The van der Waals surface area contributed by atoms with Gasteiger partial charge in [-0.15, -0.1) is 0 Å². The van der Waals surface area contributed by atoms with Crippen LogP contribution in [0.1, 0.15) is 32.6 Å². The first-order valence-corrected chi connectivity index (χ1v) is 8.26. The zero-order valence-corrected chi connectivity index (χ0v) is 12.5. The highest BCUT2D eigenvalue weighted by Crippen LogP contribution is 2.33. The van der Waals surface area contributed by atoms with Gasteiger partial charge in [-0.2, -0.15) is 4.72 Å². The van der Waals surface area contributed by atoms with Gasteiger partial charge in [-0.25, -0.2) is 12.8 Å². The molecule has 0 heterocycles. The maximum absolute atomic E-state index is 13.2. The summed E-state index contributed by atoms with van der Waals surface area (Å²) in [6, 6.07) is 4.53. The zero-order chi connectivity index (χ0) is 15.7. The number of sulfonamides is 1. The fourth-order valence-corrected chi connectivity index (χ4v) is 4.01. The average Bonchev–Trinajstić information content (AvgIpc) is 2.41. The largest absolute Gasteiger partial charge is 0.480 e. The van der Waals surface area contributed by atoms with Gasteiger partial charge in [0.15, 0.2) is 0 Å². The van der Waals surface area contributed by atoms with E-state index in [0.717, 1.165) is 12.1 Å². The van der Waals surface area contributed by atoms with Crippen molar-refractivity contribution in [3.8, 4) is 0 Å². The predicted molar refractivity (Wildman–Crippen MR) is 74.7 cm³/mol. The summed E-state index contributed by atoms with van der Waals surface area (Å²) in [5.41, 5.74) is -1.50. The van der Waals surface area contributed by atoms with Gasteiger partial charge < -0.3 is 5.11 Å². The summed E-state index contributed by atoms with van der Waals surface area (Å²) in [6.07, 6.45) is 1.74. The molecule has 1 aromatic rings. The van der Waals surface area contributed by atoms with E-state index in [2.05, 4.69) is 4.72 Å². The highest BCUT2D eigenvalue weighted by molar-refractivity contribution is 7.89. The molecule has 0 atom stereocenters. The van der Waals surface area contributed by atoms with E-state index in [1.54, 1.807) is 0 Å². The maximum Gasteiger partial charge on any atom is 0.324 e. The molecule has 0 saturated heterocycles. The predicted octanol–water partition coefficient (Wildman–Crippen LogP) is 2.14. The SMILES string of the molecule is CC1CCC(NS(=O)(=O)c2cccc(F)c2)(C(=O)O)CC1. The molecule has 1 aliphatic carbocycles.